The first kappa shape index (κ1) is 20.7. The van der Waals surface area contributed by atoms with E-state index in [-0.39, 0.29) is 5.91 Å². The molecule has 4 aromatic rings. The zero-order valence-corrected chi connectivity index (χ0v) is 18.0. The van der Waals surface area contributed by atoms with E-state index in [4.69, 9.17) is 9.72 Å². The van der Waals surface area contributed by atoms with Gasteiger partial charge in [0.1, 0.15) is 11.6 Å². The van der Waals surface area contributed by atoms with E-state index in [2.05, 4.69) is 35.9 Å². The van der Waals surface area contributed by atoms with Crippen LogP contribution in [0.5, 0.6) is 5.75 Å². The normalized spacial score (nSPS) is 10.9. The molecule has 0 atom stereocenters. The van der Waals surface area contributed by atoms with Crippen LogP contribution in [0, 0.1) is 13.8 Å². The first-order valence-corrected chi connectivity index (χ1v) is 10.6. The van der Waals surface area contributed by atoms with Gasteiger partial charge in [-0.3, -0.25) is 4.79 Å². The minimum Gasteiger partial charge on any atom is -0.493 e. The molecule has 1 N–H and O–H groups in total. The highest BCUT2D eigenvalue weighted by Gasteiger charge is 2.12. The number of nitrogens with one attached hydrogen (secondary N) is 1. The Morgan fingerprint density at radius 2 is 1.74 bits per heavy atom. The van der Waals surface area contributed by atoms with E-state index < -0.39 is 0 Å². The Labute approximate surface area is 182 Å². The standard InChI is InChI=1S/C26H27N3O2/c1-19-10-8-15-24(20(19)2)31-17-9-16-29-23-14-7-6-13-22(23)28-25(29)18-27-26(30)21-11-4-3-5-12-21/h3-8,10-15H,9,16-18H2,1-2H3,(H,27,30). The monoisotopic (exact) mass is 413 g/mol. The highest BCUT2D eigenvalue weighted by Crippen LogP contribution is 2.21. The lowest BCUT2D eigenvalue weighted by atomic mass is 10.1. The second-order valence-corrected chi connectivity index (χ2v) is 7.62. The molecule has 5 nitrogen and oxygen atoms in total. The van der Waals surface area contributed by atoms with E-state index in [1.54, 1.807) is 0 Å². The number of aromatic nitrogens is 2. The van der Waals surface area contributed by atoms with Crippen molar-refractivity contribution in [2.24, 2.45) is 0 Å². The van der Waals surface area contributed by atoms with E-state index in [0.29, 0.717) is 18.7 Å². The Kier molecular flexibility index (Phi) is 6.32. The van der Waals surface area contributed by atoms with Crippen molar-refractivity contribution < 1.29 is 9.53 Å². The van der Waals surface area contributed by atoms with Crippen molar-refractivity contribution in [1.29, 1.82) is 0 Å². The summed E-state index contributed by atoms with van der Waals surface area (Å²) in [6.07, 6.45) is 0.841. The summed E-state index contributed by atoms with van der Waals surface area (Å²) in [5.74, 6) is 1.68. The van der Waals surface area contributed by atoms with E-state index in [0.717, 1.165) is 35.6 Å². The minimum atomic E-state index is -0.0996. The van der Waals surface area contributed by atoms with Crippen LogP contribution in [0.2, 0.25) is 0 Å². The van der Waals surface area contributed by atoms with Gasteiger partial charge in [-0.2, -0.15) is 0 Å². The highest BCUT2D eigenvalue weighted by molar-refractivity contribution is 5.94. The van der Waals surface area contributed by atoms with E-state index in [9.17, 15) is 4.79 Å². The third kappa shape index (κ3) is 4.77. The number of imidazole rings is 1. The summed E-state index contributed by atoms with van der Waals surface area (Å²) in [6.45, 7) is 5.94. The Balaban J connectivity index is 1.43. The molecule has 0 bridgehead atoms. The van der Waals surface area contributed by atoms with Crippen LogP contribution in [-0.2, 0) is 13.1 Å². The van der Waals surface area contributed by atoms with Gasteiger partial charge in [0, 0.05) is 12.1 Å². The average molecular weight is 414 g/mol. The summed E-state index contributed by atoms with van der Waals surface area (Å²) < 4.78 is 8.19. The smallest absolute Gasteiger partial charge is 0.251 e. The predicted octanol–water partition coefficient (Wildman–Crippen LogP) is 5.05. The van der Waals surface area contributed by atoms with Gasteiger partial charge in [0.2, 0.25) is 0 Å². The molecular weight excluding hydrogens is 386 g/mol. The number of rotatable bonds is 8. The second kappa shape index (κ2) is 9.47. The van der Waals surface area contributed by atoms with Gasteiger partial charge in [0.25, 0.3) is 5.91 Å². The van der Waals surface area contributed by atoms with Crippen LogP contribution in [0.1, 0.15) is 33.7 Å². The molecule has 1 amide bonds. The van der Waals surface area contributed by atoms with E-state index >= 15 is 0 Å². The van der Waals surface area contributed by atoms with E-state index in [1.807, 2.05) is 60.7 Å². The molecule has 31 heavy (non-hydrogen) atoms. The maximum atomic E-state index is 12.5. The van der Waals surface area contributed by atoms with Crippen LogP contribution in [0.25, 0.3) is 11.0 Å². The molecule has 4 rings (SSSR count). The molecule has 1 heterocycles. The molecule has 3 aromatic carbocycles. The first-order chi connectivity index (χ1) is 15.1. The third-order valence-electron chi connectivity index (χ3n) is 5.52. The van der Waals surface area contributed by atoms with Crippen LogP contribution >= 0.6 is 0 Å². The molecule has 0 spiro atoms. The van der Waals surface area contributed by atoms with Crippen LogP contribution in [0.4, 0.5) is 0 Å². The summed E-state index contributed by atoms with van der Waals surface area (Å²) in [7, 11) is 0. The van der Waals surface area contributed by atoms with Crippen LogP contribution < -0.4 is 10.1 Å². The number of nitrogens with zero attached hydrogens (tertiary/aromatic N) is 2. The van der Waals surface area contributed by atoms with Crippen LogP contribution in [0.15, 0.2) is 72.8 Å². The number of aryl methyl sites for hydroxylation is 2. The minimum absolute atomic E-state index is 0.0996. The van der Waals surface area contributed by atoms with Crippen molar-refractivity contribution in [1.82, 2.24) is 14.9 Å². The topological polar surface area (TPSA) is 56.1 Å². The van der Waals surface area contributed by atoms with Gasteiger partial charge in [-0.25, -0.2) is 4.98 Å². The Morgan fingerprint density at radius 1 is 0.968 bits per heavy atom. The summed E-state index contributed by atoms with van der Waals surface area (Å²) >= 11 is 0. The maximum Gasteiger partial charge on any atom is 0.251 e. The number of benzene rings is 3. The Hall–Kier alpha value is -3.60. The van der Waals surface area contributed by atoms with Gasteiger partial charge in [-0.1, -0.05) is 42.5 Å². The summed E-state index contributed by atoms with van der Waals surface area (Å²) in [4.78, 5) is 17.2. The lowest BCUT2D eigenvalue weighted by Gasteiger charge is -2.13. The molecule has 158 valence electrons. The predicted molar refractivity (Wildman–Crippen MR) is 123 cm³/mol. The zero-order chi connectivity index (χ0) is 21.6. The molecule has 0 fully saturated rings. The largest absolute Gasteiger partial charge is 0.493 e. The number of hydrogen-bond donors (Lipinski definition) is 1. The van der Waals surface area contributed by atoms with Crippen molar-refractivity contribution >= 4 is 16.9 Å². The van der Waals surface area contributed by atoms with Crippen LogP contribution in [0.3, 0.4) is 0 Å². The van der Waals surface area contributed by atoms with Crippen molar-refractivity contribution in [3.8, 4) is 5.75 Å². The number of para-hydroxylation sites is 2. The van der Waals surface area contributed by atoms with Gasteiger partial charge in [-0.05, 0) is 61.7 Å². The summed E-state index contributed by atoms with van der Waals surface area (Å²) in [6, 6.07) is 23.4. The quantitative estimate of drug-likeness (QED) is 0.411. The molecule has 1 aromatic heterocycles. The van der Waals surface area contributed by atoms with Gasteiger partial charge in [-0.15, -0.1) is 0 Å². The summed E-state index contributed by atoms with van der Waals surface area (Å²) in [5.41, 5.74) is 5.06. The highest BCUT2D eigenvalue weighted by atomic mass is 16.5. The number of hydrogen-bond acceptors (Lipinski definition) is 3. The number of fused-ring (bicyclic) bond motifs is 1. The molecule has 0 aliphatic rings. The Morgan fingerprint density at radius 3 is 2.58 bits per heavy atom. The number of carbonyl (C=O) groups excluding carboxylic acids is 1. The summed E-state index contributed by atoms with van der Waals surface area (Å²) in [5, 5.41) is 2.99. The van der Waals surface area contributed by atoms with Gasteiger partial charge < -0.3 is 14.6 Å². The molecule has 0 aliphatic heterocycles. The van der Waals surface area contributed by atoms with Crippen molar-refractivity contribution in [3.05, 3.63) is 95.3 Å². The molecule has 0 saturated carbocycles. The number of ether oxygens (including phenoxy) is 1. The lowest BCUT2D eigenvalue weighted by molar-refractivity contribution is 0.0949. The van der Waals surface area contributed by atoms with E-state index in [1.165, 1.54) is 11.1 Å². The van der Waals surface area contributed by atoms with Crippen molar-refractivity contribution in [2.45, 2.75) is 33.4 Å². The first-order valence-electron chi connectivity index (χ1n) is 10.6. The molecule has 0 unspecified atom stereocenters. The molecule has 0 radical (unpaired) electrons. The average Bonchev–Trinajstić information content (AvgIpc) is 3.15. The number of carbonyl (C=O) groups is 1. The molecule has 0 saturated heterocycles. The van der Waals surface area contributed by atoms with Crippen molar-refractivity contribution in [3.63, 3.8) is 0 Å². The molecular formula is C26H27N3O2. The van der Waals surface area contributed by atoms with Crippen LogP contribution in [-0.4, -0.2) is 22.1 Å². The fraction of sp³-hybridized carbons (Fsp3) is 0.231. The SMILES string of the molecule is Cc1cccc(OCCCn2c(CNC(=O)c3ccccc3)nc3ccccc32)c1C. The van der Waals surface area contributed by atoms with Gasteiger partial charge in [0.05, 0.1) is 24.2 Å². The molecule has 5 heteroatoms. The fourth-order valence-corrected chi connectivity index (χ4v) is 3.65. The molecule has 0 aliphatic carbocycles. The zero-order valence-electron chi connectivity index (χ0n) is 18.0. The fourth-order valence-electron chi connectivity index (χ4n) is 3.65. The number of amides is 1. The maximum absolute atomic E-state index is 12.5. The Bertz CT molecular complexity index is 1180. The lowest BCUT2D eigenvalue weighted by Crippen LogP contribution is -2.24. The van der Waals surface area contributed by atoms with Crippen molar-refractivity contribution in [2.75, 3.05) is 6.61 Å². The van der Waals surface area contributed by atoms with Gasteiger partial charge >= 0.3 is 0 Å². The second-order valence-electron chi connectivity index (χ2n) is 7.62. The van der Waals surface area contributed by atoms with Gasteiger partial charge in [0.15, 0.2) is 0 Å². The third-order valence-corrected chi connectivity index (χ3v) is 5.52.